The summed E-state index contributed by atoms with van der Waals surface area (Å²) in [7, 11) is 0. The van der Waals surface area contributed by atoms with Crippen molar-refractivity contribution in [3.63, 3.8) is 0 Å². The highest BCUT2D eigenvalue weighted by molar-refractivity contribution is 5.62. The molecule has 4 nitrogen and oxygen atoms in total. The van der Waals surface area contributed by atoms with Gasteiger partial charge in [0.1, 0.15) is 5.75 Å². The van der Waals surface area contributed by atoms with E-state index >= 15 is 0 Å². The predicted octanol–water partition coefficient (Wildman–Crippen LogP) is 1.84. The minimum Gasteiger partial charge on any atom is -0.448 e. The van der Waals surface area contributed by atoms with Gasteiger partial charge in [-0.25, -0.2) is 0 Å². The smallest absolute Gasteiger partial charge is 0.263 e. The first-order chi connectivity index (χ1) is 8.17. The molecule has 1 atom stereocenters. The summed E-state index contributed by atoms with van der Waals surface area (Å²) in [6.07, 6.45) is 0. The van der Waals surface area contributed by atoms with E-state index in [1.807, 2.05) is 42.5 Å². The molecular formula is C13H13N3O. The Kier molecular flexibility index (Phi) is 2.00. The molecule has 0 spiro atoms. The number of ether oxygens (including phenoxy) is 1. The van der Waals surface area contributed by atoms with E-state index in [0.29, 0.717) is 5.69 Å². The van der Waals surface area contributed by atoms with E-state index in [-0.39, 0.29) is 0 Å². The Balaban J connectivity index is 2.01. The van der Waals surface area contributed by atoms with Crippen molar-refractivity contribution in [2.45, 2.75) is 5.85 Å². The number of hydrogen-bond acceptors (Lipinski definition) is 4. The highest BCUT2D eigenvalue weighted by atomic mass is 16.5. The summed E-state index contributed by atoms with van der Waals surface area (Å²) in [6, 6.07) is 15.0. The van der Waals surface area contributed by atoms with Gasteiger partial charge in [-0.3, -0.25) is 5.73 Å². The van der Waals surface area contributed by atoms with Crippen LogP contribution >= 0.6 is 0 Å². The quantitative estimate of drug-likeness (QED) is 0.650. The van der Waals surface area contributed by atoms with Crippen LogP contribution in [0.15, 0.2) is 48.5 Å². The molecule has 0 aromatic heterocycles. The van der Waals surface area contributed by atoms with E-state index in [4.69, 9.17) is 16.2 Å². The zero-order chi connectivity index (χ0) is 11.9. The van der Waals surface area contributed by atoms with Crippen LogP contribution in [-0.2, 0) is 5.85 Å². The lowest BCUT2D eigenvalue weighted by Gasteiger charge is -2.24. The van der Waals surface area contributed by atoms with Gasteiger partial charge in [0.05, 0.1) is 5.69 Å². The van der Waals surface area contributed by atoms with Crippen molar-refractivity contribution in [3.05, 3.63) is 54.1 Å². The molecule has 0 saturated heterocycles. The van der Waals surface area contributed by atoms with Gasteiger partial charge < -0.3 is 15.8 Å². The second kappa shape index (κ2) is 3.40. The highest BCUT2D eigenvalue weighted by Gasteiger charge is 2.36. The Labute approximate surface area is 99.2 Å². The number of rotatable bonds is 1. The van der Waals surface area contributed by atoms with Gasteiger partial charge in [0.15, 0.2) is 0 Å². The summed E-state index contributed by atoms with van der Waals surface area (Å²) < 4.78 is 5.75. The molecule has 2 aromatic rings. The number of anilines is 2. The molecule has 86 valence electrons. The van der Waals surface area contributed by atoms with Gasteiger partial charge in [-0.15, -0.1) is 0 Å². The normalized spacial score (nSPS) is 21.5. The average molecular weight is 227 g/mol. The van der Waals surface area contributed by atoms with Gasteiger partial charge in [0.2, 0.25) is 0 Å². The maximum absolute atomic E-state index is 6.21. The molecule has 0 fully saturated rings. The summed E-state index contributed by atoms with van der Waals surface area (Å²) in [5.74, 6) is -0.295. The van der Waals surface area contributed by atoms with E-state index in [9.17, 15) is 0 Å². The minimum atomic E-state index is -1.04. The molecule has 1 aliphatic heterocycles. The van der Waals surface area contributed by atoms with Crippen LogP contribution in [0.4, 0.5) is 11.4 Å². The number of hydrogen-bond donors (Lipinski definition) is 3. The maximum atomic E-state index is 6.21. The molecule has 0 radical (unpaired) electrons. The standard InChI is InChI=1S/C13H13N3O/c14-10-5-3-4-9(8-10)13(15)16-11-6-1-2-7-12(11)17-13/h1-8,16H,14-15H2/t13-/m0/s1. The van der Waals surface area contributed by atoms with Crippen molar-refractivity contribution in [1.82, 2.24) is 0 Å². The van der Waals surface area contributed by atoms with E-state index < -0.39 is 5.85 Å². The van der Waals surface area contributed by atoms with Crippen molar-refractivity contribution in [1.29, 1.82) is 0 Å². The molecule has 3 rings (SSSR count). The highest BCUT2D eigenvalue weighted by Crippen LogP contribution is 2.38. The lowest BCUT2D eigenvalue weighted by molar-refractivity contribution is 0.126. The van der Waals surface area contributed by atoms with Crippen LogP contribution < -0.4 is 21.5 Å². The number of nitrogens with two attached hydrogens (primary N) is 2. The van der Waals surface area contributed by atoms with E-state index in [0.717, 1.165) is 17.0 Å². The Morgan fingerprint density at radius 3 is 2.65 bits per heavy atom. The molecule has 1 heterocycles. The Bertz CT molecular complexity index is 543. The third kappa shape index (κ3) is 1.59. The molecule has 0 bridgehead atoms. The molecule has 0 aliphatic carbocycles. The predicted molar refractivity (Wildman–Crippen MR) is 67.4 cm³/mol. The monoisotopic (exact) mass is 227 g/mol. The SMILES string of the molecule is Nc1cccc([C@]2(N)Nc3ccccc3O2)c1. The summed E-state index contributed by atoms with van der Waals surface area (Å²) in [6.45, 7) is 0. The summed E-state index contributed by atoms with van der Waals surface area (Å²) in [4.78, 5) is 0. The number of fused-ring (bicyclic) bond motifs is 1. The number of nitrogens with one attached hydrogen (secondary N) is 1. The summed E-state index contributed by atoms with van der Waals surface area (Å²) in [5.41, 5.74) is 14.3. The van der Waals surface area contributed by atoms with Crippen LogP contribution in [0.2, 0.25) is 0 Å². The van der Waals surface area contributed by atoms with Crippen molar-refractivity contribution in [2.75, 3.05) is 11.1 Å². The van der Waals surface area contributed by atoms with Gasteiger partial charge >= 0.3 is 0 Å². The van der Waals surface area contributed by atoms with Crippen LogP contribution in [0.1, 0.15) is 5.56 Å². The fraction of sp³-hybridized carbons (Fsp3) is 0.0769. The molecular weight excluding hydrogens is 214 g/mol. The summed E-state index contributed by atoms with van der Waals surface area (Å²) >= 11 is 0. The summed E-state index contributed by atoms with van der Waals surface area (Å²) in [5, 5.41) is 3.15. The first-order valence-electron chi connectivity index (χ1n) is 5.38. The molecule has 4 heteroatoms. The molecule has 5 N–H and O–H groups in total. The first kappa shape index (κ1) is 9.99. The fourth-order valence-corrected chi connectivity index (χ4v) is 1.96. The minimum absolute atomic E-state index is 0.661. The topological polar surface area (TPSA) is 73.3 Å². The Morgan fingerprint density at radius 1 is 1.06 bits per heavy atom. The fourth-order valence-electron chi connectivity index (χ4n) is 1.96. The van der Waals surface area contributed by atoms with Gasteiger partial charge in [0, 0.05) is 11.3 Å². The van der Waals surface area contributed by atoms with Crippen LogP contribution in [0.3, 0.4) is 0 Å². The Hall–Kier alpha value is -2.20. The zero-order valence-corrected chi connectivity index (χ0v) is 9.18. The van der Waals surface area contributed by atoms with Gasteiger partial charge in [0.25, 0.3) is 5.85 Å². The molecule has 2 aromatic carbocycles. The molecule has 0 unspecified atom stereocenters. The van der Waals surface area contributed by atoms with Crippen LogP contribution in [0.25, 0.3) is 0 Å². The first-order valence-corrected chi connectivity index (χ1v) is 5.38. The average Bonchev–Trinajstić information content (AvgIpc) is 2.66. The zero-order valence-electron chi connectivity index (χ0n) is 9.18. The van der Waals surface area contributed by atoms with Gasteiger partial charge in [-0.05, 0) is 24.3 Å². The van der Waals surface area contributed by atoms with Gasteiger partial charge in [-0.2, -0.15) is 0 Å². The second-order valence-electron chi connectivity index (χ2n) is 4.08. The third-order valence-corrected chi connectivity index (χ3v) is 2.79. The van der Waals surface area contributed by atoms with E-state index in [2.05, 4.69) is 5.32 Å². The molecule has 0 amide bonds. The van der Waals surface area contributed by atoms with E-state index in [1.165, 1.54) is 0 Å². The number of benzene rings is 2. The lowest BCUT2D eigenvalue weighted by atomic mass is 10.1. The van der Waals surface area contributed by atoms with E-state index in [1.54, 1.807) is 6.07 Å². The molecule has 1 aliphatic rings. The van der Waals surface area contributed by atoms with Crippen molar-refractivity contribution in [2.24, 2.45) is 5.73 Å². The molecule has 0 saturated carbocycles. The van der Waals surface area contributed by atoms with Crippen molar-refractivity contribution in [3.8, 4) is 5.75 Å². The number of nitrogen functional groups attached to an aromatic ring is 1. The molecule has 17 heavy (non-hydrogen) atoms. The van der Waals surface area contributed by atoms with Crippen molar-refractivity contribution < 1.29 is 4.74 Å². The van der Waals surface area contributed by atoms with Crippen molar-refractivity contribution >= 4 is 11.4 Å². The lowest BCUT2D eigenvalue weighted by Crippen LogP contribution is -2.46. The van der Waals surface area contributed by atoms with Crippen LogP contribution in [-0.4, -0.2) is 0 Å². The Morgan fingerprint density at radius 2 is 1.88 bits per heavy atom. The second-order valence-corrected chi connectivity index (χ2v) is 4.08. The number of para-hydroxylation sites is 2. The van der Waals surface area contributed by atoms with Crippen LogP contribution in [0.5, 0.6) is 5.75 Å². The maximum Gasteiger partial charge on any atom is 0.263 e. The van der Waals surface area contributed by atoms with Gasteiger partial charge in [-0.1, -0.05) is 24.3 Å². The largest absolute Gasteiger partial charge is 0.448 e. The van der Waals surface area contributed by atoms with Crippen LogP contribution in [0, 0.1) is 0 Å². The third-order valence-electron chi connectivity index (χ3n) is 2.79.